The third-order valence-electron chi connectivity index (χ3n) is 2.57. The fraction of sp³-hybridized carbons (Fsp3) is 0.538. The van der Waals surface area contributed by atoms with Crippen LogP contribution in [0, 0.1) is 0 Å². The van der Waals surface area contributed by atoms with E-state index in [1.807, 2.05) is 31.2 Å². The molecule has 0 aliphatic rings. The lowest BCUT2D eigenvalue weighted by Crippen LogP contribution is -2.34. The molecule has 4 nitrogen and oxygen atoms in total. The van der Waals surface area contributed by atoms with Gasteiger partial charge in [-0.2, -0.15) is 0 Å². The number of hydrogen-bond acceptors (Lipinski definition) is 4. The highest BCUT2D eigenvalue weighted by Gasteiger charge is 2.16. The lowest BCUT2D eigenvalue weighted by atomic mass is 10.1. The first-order chi connectivity index (χ1) is 8.22. The van der Waals surface area contributed by atoms with Gasteiger partial charge in [-0.25, -0.2) is 0 Å². The van der Waals surface area contributed by atoms with Crippen molar-refractivity contribution in [1.82, 2.24) is 0 Å². The second kappa shape index (κ2) is 7.27. The van der Waals surface area contributed by atoms with Gasteiger partial charge in [0.05, 0.1) is 12.6 Å². The average molecular weight is 239 g/mol. The molecule has 0 bridgehead atoms. The zero-order valence-corrected chi connectivity index (χ0v) is 10.9. The Hall–Kier alpha value is -1.10. The Morgan fingerprint density at radius 2 is 1.76 bits per heavy atom. The summed E-state index contributed by atoms with van der Waals surface area (Å²) in [5, 5.41) is 3.37. The Bertz CT molecular complexity index is 326. The van der Waals surface area contributed by atoms with Gasteiger partial charge in [0.25, 0.3) is 0 Å². The molecular formula is C13H21NO3. The molecule has 0 fully saturated rings. The highest BCUT2D eigenvalue weighted by molar-refractivity contribution is 5.51. The van der Waals surface area contributed by atoms with Crippen molar-refractivity contribution in [3.63, 3.8) is 0 Å². The van der Waals surface area contributed by atoms with E-state index in [4.69, 9.17) is 14.2 Å². The molecule has 0 amide bonds. The number of para-hydroxylation sites is 1. The molecule has 0 radical (unpaired) electrons. The molecule has 0 heterocycles. The number of hydrogen-bond donors (Lipinski definition) is 1. The van der Waals surface area contributed by atoms with Gasteiger partial charge in [0.1, 0.15) is 0 Å². The number of methoxy groups -OCH3 is 3. The lowest BCUT2D eigenvalue weighted by Gasteiger charge is -2.24. The topological polar surface area (TPSA) is 39.7 Å². The molecule has 1 aromatic carbocycles. The van der Waals surface area contributed by atoms with Gasteiger partial charge in [0.15, 0.2) is 6.29 Å². The largest absolute Gasteiger partial charge is 0.380 e. The first kappa shape index (κ1) is 14.0. The summed E-state index contributed by atoms with van der Waals surface area (Å²) in [5.41, 5.74) is 2.16. The summed E-state index contributed by atoms with van der Waals surface area (Å²) in [7, 11) is 4.95. The quantitative estimate of drug-likeness (QED) is 0.741. The van der Waals surface area contributed by atoms with Gasteiger partial charge in [-0.15, -0.1) is 0 Å². The molecule has 0 spiro atoms. The Labute approximate surface area is 103 Å². The molecule has 1 N–H and O–H groups in total. The Morgan fingerprint density at radius 1 is 1.12 bits per heavy atom. The molecule has 0 aliphatic carbocycles. The van der Waals surface area contributed by atoms with E-state index < -0.39 is 0 Å². The molecule has 0 aromatic heterocycles. The SMILES string of the molecule is COCc1ccccc1NC(C)C(OC)OC. The predicted octanol–water partition coefficient (Wildman–Crippen LogP) is 2.25. The van der Waals surface area contributed by atoms with E-state index in [9.17, 15) is 0 Å². The summed E-state index contributed by atoms with van der Waals surface area (Å²) in [4.78, 5) is 0. The maximum atomic E-state index is 5.22. The van der Waals surface area contributed by atoms with Crippen LogP contribution in [0.5, 0.6) is 0 Å². The Kier molecular flexibility index (Phi) is 5.97. The highest BCUT2D eigenvalue weighted by Crippen LogP contribution is 2.18. The van der Waals surface area contributed by atoms with Crippen LogP contribution in [0.1, 0.15) is 12.5 Å². The minimum Gasteiger partial charge on any atom is -0.380 e. The van der Waals surface area contributed by atoms with Crippen LogP contribution in [0.2, 0.25) is 0 Å². The van der Waals surface area contributed by atoms with Crippen molar-refractivity contribution in [2.24, 2.45) is 0 Å². The number of rotatable bonds is 7. The van der Waals surface area contributed by atoms with E-state index in [0.717, 1.165) is 11.3 Å². The van der Waals surface area contributed by atoms with Crippen molar-refractivity contribution >= 4 is 5.69 Å². The zero-order chi connectivity index (χ0) is 12.7. The van der Waals surface area contributed by atoms with Crippen LogP contribution in [-0.2, 0) is 20.8 Å². The summed E-state index contributed by atoms with van der Waals surface area (Å²) < 4.78 is 15.6. The average Bonchev–Trinajstić information content (AvgIpc) is 2.33. The second-order valence-corrected chi connectivity index (χ2v) is 3.86. The van der Waals surface area contributed by atoms with Crippen LogP contribution in [-0.4, -0.2) is 33.7 Å². The summed E-state index contributed by atoms with van der Waals surface area (Å²) in [6.07, 6.45) is -0.273. The Balaban J connectivity index is 2.72. The second-order valence-electron chi connectivity index (χ2n) is 3.86. The first-order valence-electron chi connectivity index (χ1n) is 5.62. The van der Waals surface area contributed by atoms with Crippen molar-refractivity contribution in [2.75, 3.05) is 26.6 Å². The van der Waals surface area contributed by atoms with Crippen molar-refractivity contribution in [3.05, 3.63) is 29.8 Å². The molecule has 1 unspecified atom stereocenters. The van der Waals surface area contributed by atoms with Crippen LogP contribution in [0.3, 0.4) is 0 Å². The van der Waals surface area contributed by atoms with Gasteiger partial charge in [-0.1, -0.05) is 18.2 Å². The standard InChI is InChI=1S/C13H21NO3/c1-10(13(16-3)17-4)14-12-8-6-5-7-11(12)9-15-2/h5-8,10,13-14H,9H2,1-4H3. The van der Waals surface area contributed by atoms with Crippen LogP contribution >= 0.6 is 0 Å². The van der Waals surface area contributed by atoms with E-state index in [-0.39, 0.29) is 12.3 Å². The van der Waals surface area contributed by atoms with E-state index >= 15 is 0 Å². The van der Waals surface area contributed by atoms with Crippen molar-refractivity contribution < 1.29 is 14.2 Å². The van der Waals surface area contributed by atoms with E-state index in [1.165, 1.54) is 0 Å². The fourth-order valence-electron chi connectivity index (χ4n) is 1.76. The third-order valence-corrected chi connectivity index (χ3v) is 2.57. The van der Waals surface area contributed by atoms with Crippen molar-refractivity contribution in [3.8, 4) is 0 Å². The number of nitrogens with one attached hydrogen (secondary N) is 1. The van der Waals surface area contributed by atoms with Gasteiger partial charge in [-0.3, -0.25) is 0 Å². The minimum absolute atomic E-state index is 0.0583. The summed E-state index contributed by atoms with van der Waals surface area (Å²) >= 11 is 0. The first-order valence-corrected chi connectivity index (χ1v) is 5.62. The van der Waals surface area contributed by atoms with E-state index in [0.29, 0.717) is 6.61 Å². The molecule has 4 heteroatoms. The van der Waals surface area contributed by atoms with Crippen LogP contribution in [0.15, 0.2) is 24.3 Å². The number of benzene rings is 1. The number of ether oxygens (including phenoxy) is 3. The zero-order valence-electron chi connectivity index (χ0n) is 10.9. The number of anilines is 1. The molecule has 0 saturated heterocycles. The normalized spacial score (nSPS) is 12.8. The summed E-state index contributed by atoms with van der Waals surface area (Å²) in [5.74, 6) is 0. The smallest absolute Gasteiger partial charge is 0.176 e. The van der Waals surface area contributed by atoms with Crippen molar-refractivity contribution in [2.45, 2.75) is 25.9 Å². The molecular weight excluding hydrogens is 218 g/mol. The fourth-order valence-corrected chi connectivity index (χ4v) is 1.76. The van der Waals surface area contributed by atoms with E-state index in [2.05, 4.69) is 5.32 Å². The van der Waals surface area contributed by atoms with Crippen molar-refractivity contribution in [1.29, 1.82) is 0 Å². The summed E-state index contributed by atoms with van der Waals surface area (Å²) in [6.45, 7) is 2.60. The van der Waals surface area contributed by atoms with Crippen LogP contribution in [0.25, 0.3) is 0 Å². The minimum atomic E-state index is -0.273. The highest BCUT2D eigenvalue weighted by atomic mass is 16.7. The molecule has 96 valence electrons. The summed E-state index contributed by atoms with van der Waals surface area (Å²) in [6, 6.07) is 8.10. The predicted molar refractivity (Wildman–Crippen MR) is 68.0 cm³/mol. The lowest BCUT2D eigenvalue weighted by molar-refractivity contribution is -0.109. The molecule has 1 rings (SSSR count). The maximum Gasteiger partial charge on any atom is 0.176 e. The monoisotopic (exact) mass is 239 g/mol. The van der Waals surface area contributed by atoms with Crippen LogP contribution in [0.4, 0.5) is 5.69 Å². The molecule has 17 heavy (non-hydrogen) atoms. The molecule has 0 saturated carbocycles. The van der Waals surface area contributed by atoms with E-state index in [1.54, 1.807) is 21.3 Å². The molecule has 0 aliphatic heterocycles. The Morgan fingerprint density at radius 3 is 2.35 bits per heavy atom. The van der Waals surface area contributed by atoms with Gasteiger partial charge in [0, 0.05) is 32.6 Å². The van der Waals surface area contributed by atoms with Gasteiger partial charge in [0.2, 0.25) is 0 Å². The van der Waals surface area contributed by atoms with Crippen LogP contribution < -0.4 is 5.32 Å². The van der Waals surface area contributed by atoms with Gasteiger partial charge in [-0.05, 0) is 13.0 Å². The van der Waals surface area contributed by atoms with Gasteiger partial charge < -0.3 is 19.5 Å². The molecule has 1 aromatic rings. The van der Waals surface area contributed by atoms with Gasteiger partial charge >= 0.3 is 0 Å². The molecule has 1 atom stereocenters. The maximum absolute atomic E-state index is 5.22. The third kappa shape index (κ3) is 4.00.